The minimum atomic E-state index is -1.41. The minimum Gasteiger partial charge on any atom is -0.508 e. The first kappa shape index (κ1) is 42.0. The number of aromatic hydroxyl groups is 13. The molecule has 0 aliphatic carbocycles. The van der Waals surface area contributed by atoms with Gasteiger partial charge in [0.2, 0.25) is 11.5 Å². The molecule has 18 nitrogen and oxygen atoms in total. The standard InChI is InChI=1S/C46H33B2N3O15/c1-49-45(16-11-12-18-17-9-5-6-10-19(17)65-20(18)13-16)51-46(50-14-15-7-3-2-4-8-15)27-28(47)30(52)21(32(54)39(27)61)22-33(55)35(57)23(36(58)34(22)56)24-37(59)41(63)38(60)26-25-31(53)29(48)40(62)42(64)44(25)66-43(24)26/h2-13,52-64H,1,14,47-48H2/b50-46-,51-45-. The van der Waals surface area contributed by atoms with E-state index in [1.165, 1.54) is 15.7 Å². The highest BCUT2D eigenvalue weighted by Crippen LogP contribution is 2.63. The van der Waals surface area contributed by atoms with Gasteiger partial charge >= 0.3 is 0 Å². The van der Waals surface area contributed by atoms with Crippen molar-refractivity contribution in [3.8, 4) is 97.0 Å². The molecule has 9 aromatic rings. The van der Waals surface area contributed by atoms with Gasteiger partial charge in [0.15, 0.2) is 74.6 Å². The fourth-order valence-electron chi connectivity index (χ4n) is 8.09. The Morgan fingerprint density at radius 3 is 1.70 bits per heavy atom. The van der Waals surface area contributed by atoms with E-state index in [2.05, 4.69) is 21.7 Å². The predicted molar refractivity (Wildman–Crippen MR) is 249 cm³/mol. The number of rotatable bonds is 6. The number of benzene rings is 7. The number of nitrogens with zero attached hydrogens (tertiary/aromatic N) is 3. The Hall–Kier alpha value is -9.32. The van der Waals surface area contributed by atoms with E-state index >= 15 is 0 Å². The van der Waals surface area contributed by atoms with Crippen LogP contribution in [0.2, 0.25) is 0 Å². The molecule has 0 atom stereocenters. The number of phenols is 13. The highest BCUT2D eigenvalue weighted by atomic mass is 16.4. The third kappa shape index (κ3) is 6.03. The number of hydrogen-bond acceptors (Lipinski definition) is 16. The van der Waals surface area contributed by atoms with Crippen molar-refractivity contribution in [1.82, 2.24) is 0 Å². The lowest BCUT2D eigenvalue weighted by atomic mass is 9.83. The van der Waals surface area contributed by atoms with Gasteiger partial charge in [0, 0.05) is 16.3 Å². The van der Waals surface area contributed by atoms with Gasteiger partial charge in [0.1, 0.15) is 38.4 Å². The van der Waals surface area contributed by atoms with Crippen molar-refractivity contribution >= 4 is 88.9 Å². The molecule has 13 N–H and O–H groups in total. The minimum absolute atomic E-state index is 0.0220. The van der Waals surface area contributed by atoms with Crippen LogP contribution in [0.4, 0.5) is 0 Å². The van der Waals surface area contributed by atoms with Crippen molar-refractivity contribution in [1.29, 1.82) is 0 Å². The fourth-order valence-corrected chi connectivity index (χ4v) is 8.09. The summed E-state index contributed by atoms with van der Waals surface area (Å²) in [4.78, 5) is 13.3. The number of para-hydroxylation sites is 1. The van der Waals surface area contributed by atoms with Gasteiger partial charge in [-0.25, -0.2) is 9.98 Å². The summed E-state index contributed by atoms with van der Waals surface area (Å²) >= 11 is 0. The third-order valence-corrected chi connectivity index (χ3v) is 11.5. The molecular weight excluding hydrogens is 856 g/mol. The van der Waals surface area contributed by atoms with E-state index in [0.29, 0.717) is 22.3 Å². The Morgan fingerprint density at radius 1 is 0.470 bits per heavy atom. The molecule has 0 saturated heterocycles. The number of hydrogen-bond donors (Lipinski definition) is 13. The molecule has 0 amide bonds. The van der Waals surface area contributed by atoms with E-state index < -0.39 is 119 Å². The molecule has 20 heteroatoms. The van der Waals surface area contributed by atoms with Crippen LogP contribution in [0.1, 0.15) is 16.7 Å². The zero-order chi connectivity index (χ0) is 47.2. The zero-order valence-electron chi connectivity index (χ0n) is 34.3. The normalized spacial score (nSPS) is 12.2. The highest BCUT2D eigenvalue weighted by molar-refractivity contribution is 6.41. The summed E-state index contributed by atoms with van der Waals surface area (Å²) in [7, 11) is 2.46. The van der Waals surface area contributed by atoms with E-state index in [4.69, 9.17) is 8.83 Å². The van der Waals surface area contributed by atoms with Gasteiger partial charge in [0.05, 0.1) is 45.1 Å². The average molecular weight is 889 g/mol. The molecule has 0 aliphatic heterocycles. The van der Waals surface area contributed by atoms with Crippen molar-refractivity contribution in [2.75, 3.05) is 0 Å². The topological polar surface area (TPSA) is 326 Å². The number of furan rings is 2. The fraction of sp³-hybridized carbons (Fsp3) is 0.0217. The number of fused-ring (bicyclic) bond motifs is 6. The molecular formula is C46H33B2N3O15. The highest BCUT2D eigenvalue weighted by Gasteiger charge is 2.37. The Kier molecular flexibility index (Phi) is 9.67. The smallest absolute Gasteiger partial charge is 0.201 e. The van der Waals surface area contributed by atoms with Crippen molar-refractivity contribution < 1.29 is 75.2 Å². The molecule has 0 fully saturated rings. The van der Waals surface area contributed by atoms with Crippen molar-refractivity contribution in [2.45, 2.75) is 6.54 Å². The lowest BCUT2D eigenvalue weighted by molar-refractivity contribution is 0.367. The summed E-state index contributed by atoms with van der Waals surface area (Å²) in [6, 6.07) is 21.5. The van der Waals surface area contributed by atoms with E-state index in [9.17, 15) is 66.4 Å². The molecule has 0 aliphatic rings. The molecule has 0 spiro atoms. The van der Waals surface area contributed by atoms with Crippen LogP contribution in [0.3, 0.4) is 0 Å². The molecule has 66 heavy (non-hydrogen) atoms. The number of phenolic OH excluding ortho intramolecular Hbond substituents is 13. The Labute approximate surface area is 371 Å². The van der Waals surface area contributed by atoms with Gasteiger partial charge in [-0.05, 0) is 41.4 Å². The quantitative estimate of drug-likeness (QED) is 0.0357. The summed E-state index contributed by atoms with van der Waals surface area (Å²) in [6.45, 7) is 3.63. The maximum absolute atomic E-state index is 11.8. The predicted octanol–water partition coefficient (Wildman–Crippen LogP) is 4.60. The molecule has 0 unspecified atom stereocenters. The second-order valence-corrected chi connectivity index (χ2v) is 15.2. The van der Waals surface area contributed by atoms with Gasteiger partial charge in [-0.2, -0.15) is 0 Å². The first-order valence-corrected chi connectivity index (χ1v) is 19.6. The Morgan fingerprint density at radius 2 is 1.03 bits per heavy atom. The summed E-state index contributed by atoms with van der Waals surface area (Å²) in [6.07, 6.45) is 0. The molecule has 328 valence electrons. The van der Waals surface area contributed by atoms with Crippen LogP contribution < -0.4 is 10.9 Å². The molecule has 0 bridgehead atoms. The van der Waals surface area contributed by atoms with Crippen molar-refractivity contribution in [3.63, 3.8) is 0 Å². The molecule has 7 aromatic carbocycles. The van der Waals surface area contributed by atoms with Crippen LogP contribution in [-0.2, 0) is 6.54 Å². The summed E-state index contributed by atoms with van der Waals surface area (Å²) in [5, 5.41) is 147. The van der Waals surface area contributed by atoms with Crippen LogP contribution in [0.5, 0.6) is 74.7 Å². The summed E-state index contributed by atoms with van der Waals surface area (Å²) in [5.74, 6) is -15.5. The molecule has 0 saturated carbocycles. The number of aliphatic imine (C=N–C) groups is 3. The van der Waals surface area contributed by atoms with Crippen LogP contribution >= 0.6 is 0 Å². The van der Waals surface area contributed by atoms with Crippen LogP contribution in [0.15, 0.2) is 96.6 Å². The maximum Gasteiger partial charge on any atom is 0.201 e. The van der Waals surface area contributed by atoms with E-state index in [0.717, 1.165) is 10.8 Å². The van der Waals surface area contributed by atoms with Crippen LogP contribution in [0, 0.1) is 0 Å². The SMILES string of the molecule is Bc1c(O)c(-c2c(O)c(O)c(-c3c(O)c(O)c(O)c4c3oc3c(O)c(O)c(B)c(O)c34)c(O)c2O)c(O)c(O)c1C(/N=C(\N=C)c1ccc2c(c1)oc1ccccc12)=N/Cc1ccccc1. The van der Waals surface area contributed by atoms with Crippen LogP contribution in [0.25, 0.3) is 66.1 Å². The van der Waals surface area contributed by atoms with E-state index in [1.54, 1.807) is 48.5 Å². The van der Waals surface area contributed by atoms with E-state index in [1.807, 2.05) is 24.3 Å². The van der Waals surface area contributed by atoms with Gasteiger partial charge in [-0.3, -0.25) is 4.99 Å². The maximum atomic E-state index is 11.8. The molecule has 0 radical (unpaired) electrons. The zero-order valence-corrected chi connectivity index (χ0v) is 34.3. The Bertz CT molecular complexity index is 3600. The molecule has 2 aromatic heterocycles. The molecule has 2 heterocycles. The summed E-state index contributed by atoms with van der Waals surface area (Å²) in [5.41, 5.74) is -4.18. The van der Waals surface area contributed by atoms with Gasteiger partial charge in [0.25, 0.3) is 0 Å². The van der Waals surface area contributed by atoms with Crippen molar-refractivity contribution in [2.24, 2.45) is 15.0 Å². The van der Waals surface area contributed by atoms with E-state index in [-0.39, 0.29) is 34.7 Å². The lowest BCUT2D eigenvalue weighted by Gasteiger charge is -2.21. The average Bonchev–Trinajstić information content (AvgIpc) is 3.90. The summed E-state index contributed by atoms with van der Waals surface area (Å²) < 4.78 is 11.7. The first-order chi connectivity index (χ1) is 31.5. The lowest BCUT2D eigenvalue weighted by Crippen LogP contribution is -2.19. The van der Waals surface area contributed by atoms with Gasteiger partial charge in [-0.15, -0.1) is 0 Å². The van der Waals surface area contributed by atoms with Crippen LogP contribution in [-0.4, -0.2) is 100 Å². The largest absolute Gasteiger partial charge is 0.508 e. The third-order valence-electron chi connectivity index (χ3n) is 11.5. The monoisotopic (exact) mass is 889 g/mol. The second kappa shape index (κ2) is 15.2. The van der Waals surface area contributed by atoms with Gasteiger partial charge in [-0.1, -0.05) is 54.6 Å². The first-order valence-electron chi connectivity index (χ1n) is 19.6. The van der Waals surface area contributed by atoms with Gasteiger partial charge < -0.3 is 75.2 Å². The Balaban J connectivity index is 1.24. The molecule has 9 rings (SSSR count). The van der Waals surface area contributed by atoms with Crippen molar-refractivity contribution in [3.05, 3.63) is 89.5 Å². The second-order valence-electron chi connectivity index (χ2n) is 15.2. The number of amidine groups is 2.